The molecule has 1 saturated heterocycles. The van der Waals surface area contributed by atoms with Crippen LogP contribution in [-0.4, -0.2) is 42.2 Å². The molecule has 1 aliphatic carbocycles. The van der Waals surface area contributed by atoms with E-state index in [1.165, 1.54) is 5.57 Å². The molecule has 0 amide bonds. The first kappa shape index (κ1) is 15.3. The molecule has 0 aromatic heterocycles. The zero-order chi connectivity index (χ0) is 15.5. The Kier molecular flexibility index (Phi) is 4.60. The fourth-order valence-corrected chi connectivity index (χ4v) is 3.29. The summed E-state index contributed by atoms with van der Waals surface area (Å²) < 4.78 is 5.47. The number of likely N-dealkylation sites (tertiary alicyclic amines) is 1. The SMILES string of the molecule is CN1CC[C@H](OC(=O)C(O)c2ccccc2C2=CCCC2)C1. The van der Waals surface area contributed by atoms with Crippen LogP contribution >= 0.6 is 0 Å². The van der Waals surface area contributed by atoms with E-state index in [-0.39, 0.29) is 6.10 Å². The maximum Gasteiger partial charge on any atom is 0.339 e. The second-order valence-electron chi connectivity index (χ2n) is 6.22. The van der Waals surface area contributed by atoms with E-state index in [1.807, 2.05) is 31.3 Å². The topological polar surface area (TPSA) is 49.8 Å². The molecule has 1 N–H and O–H groups in total. The minimum atomic E-state index is -1.20. The molecule has 0 radical (unpaired) electrons. The maximum atomic E-state index is 12.3. The Balaban J connectivity index is 1.74. The molecule has 4 heteroatoms. The van der Waals surface area contributed by atoms with Crippen LogP contribution in [0, 0.1) is 0 Å². The van der Waals surface area contributed by atoms with Crippen molar-refractivity contribution < 1.29 is 14.6 Å². The van der Waals surface area contributed by atoms with Gasteiger partial charge in [0, 0.05) is 13.1 Å². The maximum absolute atomic E-state index is 12.3. The van der Waals surface area contributed by atoms with Gasteiger partial charge in [0.1, 0.15) is 6.10 Å². The highest BCUT2D eigenvalue weighted by atomic mass is 16.6. The van der Waals surface area contributed by atoms with Crippen molar-refractivity contribution in [3.63, 3.8) is 0 Å². The van der Waals surface area contributed by atoms with Crippen molar-refractivity contribution in [1.29, 1.82) is 0 Å². The molecule has 1 fully saturated rings. The van der Waals surface area contributed by atoms with Gasteiger partial charge in [0.25, 0.3) is 0 Å². The number of hydrogen-bond donors (Lipinski definition) is 1. The quantitative estimate of drug-likeness (QED) is 0.868. The summed E-state index contributed by atoms with van der Waals surface area (Å²) >= 11 is 0. The van der Waals surface area contributed by atoms with E-state index in [9.17, 15) is 9.90 Å². The predicted octanol–water partition coefficient (Wildman–Crippen LogP) is 2.53. The lowest BCUT2D eigenvalue weighted by molar-refractivity contribution is -0.158. The van der Waals surface area contributed by atoms with Gasteiger partial charge >= 0.3 is 5.97 Å². The third-order valence-corrected chi connectivity index (χ3v) is 4.50. The van der Waals surface area contributed by atoms with Crippen LogP contribution in [0.25, 0.3) is 5.57 Å². The molecular weight excluding hydrogens is 278 g/mol. The summed E-state index contributed by atoms with van der Waals surface area (Å²) in [6.07, 6.45) is 4.93. The van der Waals surface area contributed by atoms with Crippen molar-refractivity contribution in [2.75, 3.05) is 20.1 Å². The Bertz CT molecular complexity index is 581. The first-order valence-electron chi connectivity index (χ1n) is 8.00. The van der Waals surface area contributed by atoms with Gasteiger partial charge in [-0.15, -0.1) is 0 Å². The molecule has 2 aliphatic rings. The van der Waals surface area contributed by atoms with Crippen LogP contribution in [0.3, 0.4) is 0 Å². The van der Waals surface area contributed by atoms with Crippen LogP contribution < -0.4 is 0 Å². The van der Waals surface area contributed by atoms with Gasteiger partial charge in [-0.25, -0.2) is 4.79 Å². The third-order valence-electron chi connectivity index (χ3n) is 4.50. The highest BCUT2D eigenvalue weighted by Gasteiger charge is 2.28. The van der Waals surface area contributed by atoms with Gasteiger partial charge in [-0.05, 0) is 49.4 Å². The zero-order valence-corrected chi connectivity index (χ0v) is 13.0. The second kappa shape index (κ2) is 6.63. The van der Waals surface area contributed by atoms with E-state index < -0.39 is 12.1 Å². The van der Waals surface area contributed by atoms with E-state index in [4.69, 9.17) is 4.74 Å². The van der Waals surface area contributed by atoms with Gasteiger partial charge in [0.05, 0.1) is 0 Å². The molecular formula is C18H23NO3. The predicted molar refractivity (Wildman–Crippen MR) is 85.2 cm³/mol. The number of hydrogen-bond acceptors (Lipinski definition) is 4. The monoisotopic (exact) mass is 301 g/mol. The molecule has 1 aliphatic heterocycles. The van der Waals surface area contributed by atoms with Crippen LogP contribution in [0.1, 0.15) is 42.9 Å². The first-order valence-corrected chi connectivity index (χ1v) is 8.00. The third kappa shape index (κ3) is 3.23. The average Bonchev–Trinajstić information content (AvgIpc) is 3.18. The van der Waals surface area contributed by atoms with E-state index >= 15 is 0 Å². The van der Waals surface area contributed by atoms with E-state index in [1.54, 1.807) is 0 Å². The lowest BCUT2D eigenvalue weighted by atomic mass is 9.95. The van der Waals surface area contributed by atoms with Gasteiger partial charge in [0.2, 0.25) is 0 Å². The summed E-state index contributed by atoms with van der Waals surface area (Å²) in [4.78, 5) is 14.4. The summed E-state index contributed by atoms with van der Waals surface area (Å²) in [5, 5.41) is 10.4. The number of ether oxygens (including phenoxy) is 1. The van der Waals surface area contributed by atoms with Crippen LogP contribution in [0.4, 0.5) is 0 Å². The molecule has 1 aromatic rings. The van der Waals surface area contributed by atoms with Crippen molar-refractivity contribution in [3.05, 3.63) is 41.5 Å². The fourth-order valence-electron chi connectivity index (χ4n) is 3.29. The molecule has 0 bridgehead atoms. The molecule has 3 rings (SSSR count). The number of allylic oxidation sites excluding steroid dienone is 2. The average molecular weight is 301 g/mol. The summed E-state index contributed by atoms with van der Waals surface area (Å²) in [6.45, 7) is 1.67. The van der Waals surface area contributed by atoms with Crippen molar-refractivity contribution in [3.8, 4) is 0 Å². The van der Waals surface area contributed by atoms with Crippen LogP contribution in [0.5, 0.6) is 0 Å². The summed E-state index contributed by atoms with van der Waals surface area (Å²) in [5.41, 5.74) is 2.86. The largest absolute Gasteiger partial charge is 0.459 e. The number of rotatable bonds is 4. The Labute approximate surface area is 131 Å². The van der Waals surface area contributed by atoms with E-state index in [0.717, 1.165) is 44.3 Å². The van der Waals surface area contributed by atoms with Crippen LogP contribution in [0.15, 0.2) is 30.3 Å². The van der Waals surface area contributed by atoms with Gasteiger partial charge in [-0.2, -0.15) is 0 Å². The fraction of sp³-hybridized carbons (Fsp3) is 0.500. The van der Waals surface area contributed by atoms with Crippen LogP contribution in [0.2, 0.25) is 0 Å². The number of likely N-dealkylation sites (N-methyl/N-ethyl adjacent to an activating group) is 1. The number of esters is 1. The summed E-state index contributed by atoms with van der Waals surface area (Å²) in [6, 6.07) is 7.60. The Hall–Kier alpha value is -1.65. The molecule has 2 atom stereocenters. The van der Waals surface area contributed by atoms with Crippen molar-refractivity contribution in [2.45, 2.75) is 37.9 Å². The lowest BCUT2D eigenvalue weighted by Gasteiger charge is -2.18. The number of carbonyl (C=O) groups is 1. The second-order valence-corrected chi connectivity index (χ2v) is 6.22. The smallest absolute Gasteiger partial charge is 0.339 e. The summed E-state index contributed by atoms with van der Waals surface area (Å²) in [5.74, 6) is -0.536. The molecule has 1 unspecified atom stereocenters. The first-order chi connectivity index (χ1) is 10.6. The van der Waals surface area contributed by atoms with Gasteiger partial charge in [-0.3, -0.25) is 0 Å². The minimum absolute atomic E-state index is 0.106. The minimum Gasteiger partial charge on any atom is -0.459 e. The lowest BCUT2D eigenvalue weighted by Crippen LogP contribution is -2.26. The van der Waals surface area contributed by atoms with Gasteiger partial charge < -0.3 is 14.7 Å². The normalized spacial score (nSPS) is 23.4. The van der Waals surface area contributed by atoms with Crippen LogP contribution in [-0.2, 0) is 9.53 Å². The molecule has 1 aromatic carbocycles. The number of benzene rings is 1. The highest BCUT2D eigenvalue weighted by Crippen LogP contribution is 2.33. The van der Waals surface area contributed by atoms with E-state index in [0.29, 0.717) is 5.56 Å². The molecule has 0 spiro atoms. The molecule has 1 heterocycles. The molecule has 118 valence electrons. The van der Waals surface area contributed by atoms with E-state index in [2.05, 4.69) is 11.0 Å². The molecule has 4 nitrogen and oxygen atoms in total. The van der Waals surface area contributed by atoms with Crippen molar-refractivity contribution in [1.82, 2.24) is 4.90 Å². The highest BCUT2D eigenvalue weighted by molar-refractivity contribution is 5.80. The Morgan fingerprint density at radius 2 is 2.23 bits per heavy atom. The van der Waals surface area contributed by atoms with Crippen molar-refractivity contribution in [2.24, 2.45) is 0 Å². The standard InChI is InChI=1S/C18H23NO3/c1-19-11-10-14(12-19)22-18(21)17(20)16-9-5-4-8-15(16)13-6-2-3-7-13/h4-6,8-9,14,17,20H,2-3,7,10-12H2,1H3/t14-,17?/m0/s1. The van der Waals surface area contributed by atoms with Crippen molar-refractivity contribution >= 4 is 11.5 Å². The zero-order valence-electron chi connectivity index (χ0n) is 13.0. The summed E-state index contributed by atoms with van der Waals surface area (Å²) in [7, 11) is 2.01. The number of carbonyl (C=O) groups excluding carboxylic acids is 1. The number of nitrogens with zero attached hydrogens (tertiary/aromatic N) is 1. The number of aliphatic hydroxyl groups excluding tert-OH is 1. The number of aliphatic hydroxyl groups is 1. The Morgan fingerprint density at radius 3 is 2.91 bits per heavy atom. The van der Waals surface area contributed by atoms with Gasteiger partial charge in [-0.1, -0.05) is 30.3 Å². The molecule has 0 saturated carbocycles. The van der Waals surface area contributed by atoms with Gasteiger partial charge in [0.15, 0.2) is 6.10 Å². The molecule has 22 heavy (non-hydrogen) atoms. The Morgan fingerprint density at radius 1 is 1.41 bits per heavy atom.